The molecule has 0 aromatic rings. The maximum absolute atomic E-state index is 3.45. The van der Waals surface area contributed by atoms with Crippen molar-refractivity contribution in [3.8, 4) is 0 Å². The molecule has 1 heterocycles. The highest BCUT2D eigenvalue weighted by molar-refractivity contribution is 5.19. The fraction of sp³-hybridized carbons (Fsp3) is 0.889. The van der Waals surface area contributed by atoms with E-state index in [1.165, 1.54) is 52.0 Å². The van der Waals surface area contributed by atoms with Crippen LogP contribution in [-0.2, 0) is 0 Å². The van der Waals surface area contributed by atoms with Gasteiger partial charge in [-0.15, -0.1) is 0 Å². The first-order valence-electron chi connectivity index (χ1n) is 8.84. The van der Waals surface area contributed by atoms with Crippen LogP contribution in [0.4, 0.5) is 0 Å². The van der Waals surface area contributed by atoms with Crippen LogP contribution >= 0.6 is 0 Å². The lowest BCUT2D eigenvalue weighted by atomic mass is 9.48. The van der Waals surface area contributed by atoms with Gasteiger partial charge < -0.3 is 5.32 Å². The van der Waals surface area contributed by atoms with Gasteiger partial charge in [0.1, 0.15) is 0 Å². The lowest BCUT2D eigenvalue weighted by Crippen LogP contribution is -2.47. The molecule has 5 rings (SSSR count). The van der Waals surface area contributed by atoms with Crippen LogP contribution in [0.2, 0.25) is 0 Å². The highest BCUT2D eigenvalue weighted by Crippen LogP contribution is 2.62. The smallest absolute Gasteiger partial charge is 0.0167 e. The molecular formula is C18H30N2. The fourth-order valence-corrected chi connectivity index (χ4v) is 5.97. The molecule has 1 N–H and O–H groups in total. The van der Waals surface area contributed by atoms with Crippen LogP contribution in [0.25, 0.3) is 0 Å². The lowest BCUT2D eigenvalue weighted by Gasteiger charge is -2.57. The van der Waals surface area contributed by atoms with E-state index >= 15 is 0 Å². The Kier molecular flexibility index (Phi) is 3.42. The second-order valence-corrected chi connectivity index (χ2v) is 8.14. The van der Waals surface area contributed by atoms with Crippen LogP contribution in [0.15, 0.2) is 11.6 Å². The van der Waals surface area contributed by atoms with Crippen molar-refractivity contribution in [3.63, 3.8) is 0 Å². The number of hydrogen-bond donors (Lipinski definition) is 1. The minimum Gasteiger partial charge on any atom is -0.314 e. The van der Waals surface area contributed by atoms with Crippen molar-refractivity contribution in [1.29, 1.82) is 0 Å². The molecule has 4 bridgehead atoms. The van der Waals surface area contributed by atoms with Gasteiger partial charge in [0.2, 0.25) is 0 Å². The fourth-order valence-electron chi connectivity index (χ4n) is 5.97. The van der Waals surface area contributed by atoms with Gasteiger partial charge >= 0.3 is 0 Å². The zero-order valence-corrected chi connectivity index (χ0v) is 13.0. The summed E-state index contributed by atoms with van der Waals surface area (Å²) in [4.78, 5) is 2.61. The lowest BCUT2D eigenvalue weighted by molar-refractivity contribution is -0.0306. The van der Waals surface area contributed by atoms with Gasteiger partial charge in [-0.2, -0.15) is 0 Å². The quantitative estimate of drug-likeness (QED) is 0.796. The molecule has 0 atom stereocenters. The van der Waals surface area contributed by atoms with Crippen LogP contribution in [0.5, 0.6) is 0 Å². The van der Waals surface area contributed by atoms with E-state index in [1.54, 1.807) is 24.8 Å². The Bertz CT molecular complexity index is 357. The van der Waals surface area contributed by atoms with Crippen molar-refractivity contribution >= 4 is 0 Å². The summed E-state index contributed by atoms with van der Waals surface area (Å²) in [6.07, 6.45) is 11.8. The number of nitrogens with one attached hydrogen (secondary N) is 1. The predicted molar refractivity (Wildman–Crippen MR) is 83.7 cm³/mol. The maximum Gasteiger partial charge on any atom is 0.0167 e. The van der Waals surface area contributed by atoms with Crippen molar-refractivity contribution in [2.24, 2.45) is 23.2 Å². The van der Waals surface area contributed by atoms with Crippen LogP contribution in [0, 0.1) is 23.2 Å². The first kappa shape index (κ1) is 13.3. The minimum atomic E-state index is 0.628. The Morgan fingerprint density at radius 1 is 1.05 bits per heavy atom. The summed E-state index contributed by atoms with van der Waals surface area (Å²) >= 11 is 0. The van der Waals surface area contributed by atoms with E-state index in [4.69, 9.17) is 0 Å². The van der Waals surface area contributed by atoms with Gasteiger partial charge in [0.15, 0.2) is 0 Å². The Morgan fingerprint density at radius 3 is 2.15 bits per heavy atom. The third-order valence-electron chi connectivity index (χ3n) is 6.74. The van der Waals surface area contributed by atoms with Crippen molar-refractivity contribution in [3.05, 3.63) is 11.6 Å². The Labute approximate surface area is 124 Å². The van der Waals surface area contributed by atoms with Gasteiger partial charge in [0.05, 0.1) is 0 Å². The van der Waals surface area contributed by atoms with Gasteiger partial charge in [-0.25, -0.2) is 0 Å². The molecule has 20 heavy (non-hydrogen) atoms. The summed E-state index contributed by atoms with van der Waals surface area (Å²) < 4.78 is 0. The van der Waals surface area contributed by atoms with Crippen molar-refractivity contribution in [1.82, 2.24) is 10.2 Å². The van der Waals surface area contributed by atoms with E-state index in [-0.39, 0.29) is 0 Å². The molecule has 0 radical (unpaired) electrons. The molecule has 0 amide bonds. The van der Waals surface area contributed by atoms with Crippen molar-refractivity contribution in [2.75, 3.05) is 32.7 Å². The van der Waals surface area contributed by atoms with Crippen LogP contribution in [0.3, 0.4) is 0 Å². The van der Waals surface area contributed by atoms with E-state index < -0.39 is 0 Å². The van der Waals surface area contributed by atoms with Gasteiger partial charge in [0.25, 0.3) is 0 Å². The maximum atomic E-state index is 3.45. The van der Waals surface area contributed by atoms with Gasteiger partial charge in [0, 0.05) is 32.7 Å². The van der Waals surface area contributed by atoms with Crippen LogP contribution < -0.4 is 5.32 Å². The molecule has 2 heteroatoms. The van der Waals surface area contributed by atoms with E-state index in [1.807, 2.05) is 0 Å². The monoisotopic (exact) mass is 274 g/mol. The summed E-state index contributed by atoms with van der Waals surface area (Å²) in [6, 6.07) is 0. The SMILES string of the molecule is C/C(=C\CN1CCNCC1)C12CC3CC(CC(C3)C1)C2. The third-order valence-corrected chi connectivity index (χ3v) is 6.74. The molecule has 4 aliphatic carbocycles. The highest BCUT2D eigenvalue weighted by atomic mass is 15.2. The Balaban J connectivity index is 1.45. The van der Waals surface area contributed by atoms with Gasteiger partial charge in [-0.1, -0.05) is 11.6 Å². The second-order valence-electron chi connectivity index (χ2n) is 8.14. The Morgan fingerprint density at radius 2 is 1.60 bits per heavy atom. The van der Waals surface area contributed by atoms with E-state index in [0.717, 1.165) is 17.8 Å². The first-order valence-corrected chi connectivity index (χ1v) is 8.84. The molecule has 4 saturated carbocycles. The number of nitrogens with zero attached hydrogens (tertiary/aromatic N) is 1. The molecule has 5 fully saturated rings. The zero-order valence-electron chi connectivity index (χ0n) is 13.0. The standard InChI is InChI=1S/C18H30N2/c1-14(2-5-20-6-3-19-4-7-20)18-11-15-8-16(12-18)10-17(9-15)13-18/h2,15-17,19H,3-13H2,1H3/b14-2+. The molecule has 0 spiro atoms. The third kappa shape index (κ3) is 2.35. The molecule has 0 unspecified atom stereocenters. The average Bonchev–Trinajstić information content (AvgIpc) is 2.44. The van der Waals surface area contributed by atoms with Crippen molar-refractivity contribution < 1.29 is 0 Å². The molecule has 0 aromatic heterocycles. The topological polar surface area (TPSA) is 15.3 Å². The molecular weight excluding hydrogens is 244 g/mol. The number of piperazine rings is 1. The highest BCUT2D eigenvalue weighted by Gasteiger charge is 2.51. The van der Waals surface area contributed by atoms with E-state index in [0.29, 0.717) is 5.41 Å². The summed E-state index contributed by atoms with van der Waals surface area (Å²) in [6.45, 7) is 8.44. The summed E-state index contributed by atoms with van der Waals surface area (Å²) in [5.74, 6) is 3.22. The minimum absolute atomic E-state index is 0.628. The van der Waals surface area contributed by atoms with Crippen LogP contribution in [-0.4, -0.2) is 37.6 Å². The molecule has 1 saturated heterocycles. The molecule has 0 aromatic carbocycles. The Hall–Kier alpha value is -0.340. The van der Waals surface area contributed by atoms with Gasteiger partial charge in [-0.05, 0) is 68.6 Å². The molecule has 5 aliphatic rings. The number of hydrogen-bond acceptors (Lipinski definition) is 2. The normalized spacial score (nSPS) is 45.0. The van der Waals surface area contributed by atoms with Crippen LogP contribution in [0.1, 0.15) is 45.4 Å². The predicted octanol–water partition coefficient (Wildman–Crippen LogP) is 3.05. The van der Waals surface area contributed by atoms with Crippen molar-refractivity contribution in [2.45, 2.75) is 45.4 Å². The summed E-state index contributed by atoms with van der Waals surface area (Å²) in [7, 11) is 0. The number of rotatable bonds is 3. The largest absolute Gasteiger partial charge is 0.314 e. The number of allylic oxidation sites excluding steroid dienone is 1. The second kappa shape index (κ2) is 5.14. The summed E-state index contributed by atoms with van der Waals surface area (Å²) in [5.41, 5.74) is 2.37. The molecule has 2 nitrogen and oxygen atoms in total. The van der Waals surface area contributed by atoms with Gasteiger partial charge in [-0.3, -0.25) is 4.90 Å². The van der Waals surface area contributed by atoms with E-state index in [2.05, 4.69) is 23.2 Å². The first-order chi connectivity index (χ1) is 9.73. The molecule has 1 aliphatic heterocycles. The molecule has 112 valence electrons. The zero-order chi connectivity index (χ0) is 13.6. The average molecular weight is 274 g/mol. The van der Waals surface area contributed by atoms with E-state index in [9.17, 15) is 0 Å². The summed E-state index contributed by atoms with van der Waals surface area (Å²) in [5, 5.41) is 3.45.